The molecule has 2 aromatic carbocycles. The standard InChI is InChI=1S/C36H39F3N8O3/c1-23-32(31-16-19-41-46(31)29-14-12-26(40-2)13-15-29)45(35(50)44(23)30-7-5-6-25(22-30)36(37,38)39)34(49)43-27-10-8-24(9-11-27)33(48)42-28-17-20-47(3,4)21-18-28/h5-7,12-16,19,22,24,27-28H,8-11,17-18,20-21H2,1,3-4H3,(H-,42,43,48,49)/p+1. The maximum Gasteiger partial charge on any atom is 0.416 e. The molecule has 2 aliphatic rings. The molecule has 2 N–H and O–H groups in total. The summed E-state index contributed by atoms with van der Waals surface area (Å²) < 4.78 is 45.5. The maximum atomic E-state index is 14.1. The van der Waals surface area contributed by atoms with Crippen molar-refractivity contribution in [1.29, 1.82) is 0 Å². The number of nitrogens with zero attached hydrogens (tertiary/aromatic N) is 6. The molecule has 0 bridgehead atoms. The van der Waals surface area contributed by atoms with Crippen LogP contribution in [0.3, 0.4) is 0 Å². The fourth-order valence-corrected chi connectivity index (χ4v) is 7.05. The predicted molar refractivity (Wildman–Crippen MR) is 181 cm³/mol. The molecule has 0 unspecified atom stereocenters. The van der Waals surface area contributed by atoms with Gasteiger partial charge in [0.1, 0.15) is 5.69 Å². The lowest BCUT2D eigenvalue weighted by Gasteiger charge is -2.38. The molecule has 1 saturated heterocycles. The van der Waals surface area contributed by atoms with Crippen LogP contribution in [0.15, 0.2) is 65.6 Å². The zero-order chi connectivity index (χ0) is 35.8. The van der Waals surface area contributed by atoms with Gasteiger partial charge in [0.25, 0.3) is 0 Å². The Morgan fingerprint density at radius 3 is 2.22 bits per heavy atom. The Labute approximate surface area is 287 Å². The molecule has 1 aliphatic carbocycles. The number of imidazole rings is 1. The summed E-state index contributed by atoms with van der Waals surface area (Å²) >= 11 is 0. The average Bonchev–Trinajstić information content (AvgIpc) is 3.67. The number of likely N-dealkylation sites (tertiary alicyclic amines) is 1. The second-order valence-electron chi connectivity index (χ2n) is 13.9. The normalized spacial score (nSPS) is 19.5. The Balaban J connectivity index is 1.28. The third-order valence-electron chi connectivity index (χ3n) is 9.97. The van der Waals surface area contributed by atoms with E-state index in [4.69, 9.17) is 6.57 Å². The number of quaternary nitrogens is 1. The first-order valence-electron chi connectivity index (χ1n) is 16.7. The van der Waals surface area contributed by atoms with E-state index in [1.807, 2.05) is 0 Å². The van der Waals surface area contributed by atoms with Crippen LogP contribution in [0.2, 0.25) is 0 Å². The minimum atomic E-state index is -4.64. The quantitative estimate of drug-likeness (QED) is 0.196. The first kappa shape index (κ1) is 34.7. The molecule has 0 radical (unpaired) electrons. The summed E-state index contributed by atoms with van der Waals surface area (Å²) in [4.78, 5) is 44.7. The number of amides is 2. The third-order valence-corrected chi connectivity index (χ3v) is 9.97. The fraction of sp³-hybridized carbons (Fsp3) is 0.417. The van der Waals surface area contributed by atoms with Crippen molar-refractivity contribution in [3.63, 3.8) is 0 Å². The maximum absolute atomic E-state index is 14.1. The van der Waals surface area contributed by atoms with E-state index in [0.29, 0.717) is 42.8 Å². The summed E-state index contributed by atoms with van der Waals surface area (Å²) in [6.45, 7) is 10.8. The molecule has 3 heterocycles. The lowest BCUT2D eigenvalue weighted by molar-refractivity contribution is -0.895. The average molecular weight is 690 g/mol. The minimum absolute atomic E-state index is 0.0389. The van der Waals surface area contributed by atoms with Gasteiger partial charge in [-0.15, -0.1) is 0 Å². The molecular formula is C36H40F3N8O3+. The fourth-order valence-electron chi connectivity index (χ4n) is 7.05. The number of hydrogen-bond donors (Lipinski definition) is 2. The highest BCUT2D eigenvalue weighted by Crippen LogP contribution is 2.33. The largest absolute Gasteiger partial charge is 0.416 e. The van der Waals surface area contributed by atoms with Gasteiger partial charge in [0.05, 0.1) is 68.3 Å². The molecule has 0 spiro atoms. The van der Waals surface area contributed by atoms with Crippen LogP contribution in [0, 0.1) is 19.4 Å². The number of rotatable bonds is 6. The van der Waals surface area contributed by atoms with Crippen molar-refractivity contribution in [3.8, 4) is 22.8 Å². The Morgan fingerprint density at radius 2 is 1.58 bits per heavy atom. The van der Waals surface area contributed by atoms with Gasteiger partial charge in [-0.25, -0.2) is 23.7 Å². The van der Waals surface area contributed by atoms with Gasteiger partial charge < -0.3 is 15.1 Å². The van der Waals surface area contributed by atoms with Crippen LogP contribution in [-0.4, -0.2) is 74.6 Å². The molecule has 11 nitrogen and oxygen atoms in total. The van der Waals surface area contributed by atoms with Crippen molar-refractivity contribution >= 4 is 17.6 Å². The number of alkyl halides is 3. The first-order chi connectivity index (χ1) is 23.8. The van der Waals surface area contributed by atoms with E-state index >= 15 is 0 Å². The van der Waals surface area contributed by atoms with Gasteiger partial charge in [-0.2, -0.15) is 18.3 Å². The van der Waals surface area contributed by atoms with Gasteiger partial charge in [0, 0.05) is 30.8 Å². The highest BCUT2D eigenvalue weighted by molar-refractivity contribution is 5.84. The molecule has 4 aromatic rings. The van der Waals surface area contributed by atoms with E-state index in [9.17, 15) is 27.6 Å². The Hall–Kier alpha value is -5.16. The number of carbonyl (C=O) groups is 2. The van der Waals surface area contributed by atoms with E-state index < -0.39 is 23.5 Å². The van der Waals surface area contributed by atoms with Crippen LogP contribution in [0.5, 0.6) is 0 Å². The van der Waals surface area contributed by atoms with Crippen molar-refractivity contribution in [2.24, 2.45) is 5.92 Å². The van der Waals surface area contributed by atoms with Crippen molar-refractivity contribution in [1.82, 2.24) is 29.5 Å². The van der Waals surface area contributed by atoms with Crippen molar-refractivity contribution < 1.29 is 27.2 Å². The van der Waals surface area contributed by atoms with Crippen LogP contribution in [0.4, 0.5) is 23.7 Å². The van der Waals surface area contributed by atoms with E-state index in [0.717, 1.165) is 51.7 Å². The predicted octanol–water partition coefficient (Wildman–Crippen LogP) is 5.84. The minimum Gasteiger partial charge on any atom is -0.353 e. The van der Waals surface area contributed by atoms with E-state index in [1.54, 1.807) is 37.3 Å². The number of piperidine rings is 1. The first-order valence-corrected chi connectivity index (χ1v) is 16.7. The second-order valence-corrected chi connectivity index (χ2v) is 13.9. The molecule has 50 heavy (non-hydrogen) atoms. The summed E-state index contributed by atoms with van der Waals surface area (Å²) in [6, 6.07) is 11.7. The molecular weight excluding hydrogens is 649 g/mol. The lowest BCUT2D eigenvalue weighted by Crippen LogP contribution is -2.52. The summed E-state index contributed by atoms with van der Waals surface area (Å²) in [7, 11) is 4.38. The Kier molecular flexibility index (Phi) is 9.46. The number of benzene rings is 2. The lowest BCUT2D eigenvalue weighted by atomic mass is 9.85. The second kappa shape index (κ2) is 13.6. The van der Waals surface area contributed by atoms with Gasteiger partial charge in [-0.1, -0.05) is 18.2 Å². The third kappa shape index (κ3) is 7.09. The van der Waals surface area contributed by atoms with Gasteiger partial charge in [0.15, 0.2) is 5.69 Å². The van der Waals surface area contributed by atoms with Crippen molar-refractivity contribution in [2.75, 3.05) is 27.2 Å². The molecule has 262 valence electrons. The molecule has 1 aliphatic heterocycles. The highest BCUT2D eigenvalue weighted by Gasteiger charge is 2.34. The van der Waals surface area contributed by atoms with Crippen molar-refractivity contribution in [3.05, 3.63) is 94.0 Å². The van der Waals surface area contributed by atoms with E-state index in [1.165, 1.54) is 23.0 Å². The van der Waals surface area contributed by atoms with Gasteiger partial charge in [0.2, 0.25) is 5.91 Å². The van der Waals surface area contributed by atoms with Crippen LogP contribution in [0.1, 0.15) is 49.8 Å². The summed E-state index contributed by atoms with van der Waals surface area (Å²) in [6.07, 6.45) is 0.926. The Bertz CT molecular complexity index is 1980. The smallest absolute Gasteiger partial charge is 0.353 e. The number of carbonyl (C=O) groups excluding carboxylic acids is 2. The molecule has 6 rings (SSSR count). The number of hydrogen-bond acceptors (Lipinski definition) is 4. The van der Waals surface area contributed by atoms with Crippen molar-refractivity contribution in [2.45, 2.75) is 63.7 Å². The topological polar surface area (TPSA) is 107 Å². The molecule has 14 heteroatoms. The zero-order valence-corrected chi connectivity index (χ0v) is 28.2. The molecule has 0 atom stereocenters. The van der Waals surface area contributed by atoms with Gasteiger partial charge in [-0.3, -0.25) is 9.36 Å². The van der Waals surface area contributed by atoms with Gasteiger partial charge in [-0.05, 0) is 69.0 Å². The van der Waals surface area contributed by atoms with Crippen LogP contribution in [-0.2, 0) is 11.0 Å². The summed E-state index contributed by atoms with van der Waals surface area (Å²) in [5.74, 6) is -0.129. The summed E-state index contributed by atoms with van der Waals surface area (Å²) in [5.41, 5.74) is -0.125. The molecule has 2 aromatic heterocycles. The van der Waals surface area contributed by atoms with Crippen LogP contribution >= 0.6 is 0 Å². The Morgan fingerprint density at radius 1 is 0.920 bits per heavy atom. The highest BCUT2D eigenvalue weighted by atomic mass is 19.4. The number of aromatic nitrogens is 4. The monoisotopic (exact) mass is 689 g/mol. The van der Waals surface area contributed by atoms with E-state index in [-0.39, 0.29) is 41.0 Å². The zero-order valence-electron chi connectivity index (χ0n) is 28.2. The van der Waals surface area contributed by atoms with Gasteiger partial charge >= 0.3 is 17.9 Å². The van der Waals surface area contributed by atoms with E-state index in [2.05, 4.69) is 34.7 Å². The van der Waals surface area contributed by atoms with Crippen LogP contribution in [0.25, 0.3) is 27.6 Å². The molecule has 2 amide bonds. The number of halogens is 3. The molecule has 2 fully saturated rings. The van der Waals surface area contributed by atoms with Crippen LogP contribution < -0.4 is 16.3 Å². The SMILES string of the molecule is [C-]#[N+]c1ccc(-n2nccc2-c2c(C)n(-c3cccc(C(F)(F)F)c3)c(=O)n2C(=O)NC2CCC(C(=O)NC3CC[N+](C)(C)CC3)CC2)cc1. The number of nitrogens with one attached hydrogen (secondary N) is 2. The molecule has 1 saturated carbocycles. The summed E-state index contributed by atoms with van der Waals surface area (Å²) in [5, 5.41) is 10.6.